The zero-order valence-electron chi connectivity index (χ0n) is 10.3. The summed E-state index contributed by atoms with van der Waals surface area (Å²) in [6.45, 7) is 4.30. The van der Waals surface area contributed by atoms with Crippen molar-refractivity contribution < 1.29 is 4.79 Å². The van der Waals surface area contributed by atoms with Gasteiger partial charge in [0.25, 0.3) is 0 Å². The minimum absolute atomic E-state index is 0.0778. The summed E-state index contributed by atoms with van der Waals surface area (Å²) < 4.78 is 0. The summed E-state index contributed by atoms with van der Waals surface area (Å²) >= 11 is 1.74. The molecule has 0 aliphatic heterocycles. The molecule has 3 N–H and O–H groups in total. The Morgan fingerprint density at radius 2 is 2.11 bits per heavy atom. The smallest absolute Gasteiger partial charge is 0.244 e. The molecule has 0 aromatic heterocycles. The van der Waals surface area contributed by atoms with E-state index < -0.39 is 0 Å². The van der Waals surface area contributed by atoms with Crippen LogP contribution in [0, 0.1) is 0 Å². The van der Waals surface area contributed by atoms with Gasteiger partial charge in [-0.05, 0) is 23.8 Å². The van der Waals surface area contributed by atoms with E-state index in [0.717, 1.165) is 22.8 Å². The van der Waals surface area contributed by atoms with Crippen LogP contribution in [0.5, 0.6) is 0 Å². The summed E-state index contributed by atoms with van der Waals surface area (Å²) in [5, 5.41) is 2.82. The highest BCUT2D eigenvalue weighted by Gasteiger charge is 1.94. The average molecular weight is 262 g/mol. The first-order chi connectivity index (χ1) is 8.72. The highest BCUT2D eigenvalue weighted by atomic mass is 32.2. The Morgan fingerprint density at radius 1 is 1.39 bits per heavy atom. The molecule has 1 aromatic carbocycles. The molecule has 0 heterocycles. The van der Waals surface area contributed by atoms with E-state index in [4.69, 9.17) is 5.73 Å². The molecule has 0 spiro atoms. The van der Waals surface area contributed by atoms with Crippen LogP contribution < -0.4 is 11.1 Å². The zero-order chi connectivity index (χ0) is 13.2. The SMILES string of the molecule is C=CCSCCNC(=O)/C=C/c1ccc(N)cc1. The predicted molar refractivity (Wildman–Crippen MR) is 80.4 cm³/mol. The minimum Gasteiger partial charge on any atom is -0.399 e. The van der Waals surface area contributed by atoms with Gasteiger partial charge in [-0.3, -0.25) is 4.79 Å². The maximum absolute atomic E-state index is 11.5. The van der Waals surface area contributed by atoms with Crippen LogP contribution in [-0.2, 0) is 4.79 Å². The lowest BCUT2D eigenvalue weighted by Gasteiger charge is -2.00. The van der Waals surface area contributed by atoms with Crippen LogP contribution in [0.15, 0.2) is 43.0 Å². The number of carbonyl (C=O) groups is 1. The van der Waals surface area contributed by atoms with E-state index in [1.165, 1.54) is 6.08 Å². The molecule has 18 heavy (non-hydrogen) atoms. The Hall–Kier alpha value is -1.68. The summed E-state index contributed by atoms with van der Waals surface area (Å²) in [4.78, 5) is 11.5. The van der Waals surface area contributed by atoms with Crippen LogP contribution >= 0.6 is 11.8 Å². The zero-order valence-corrected chi connectivity index (χ0v) is 11.1. The highest BCUT2D eigenvalue weighted by Crippen LogP contribution is 2.06. The number of rotatable bonds is 7. The van der Waals surface area contributed by atoms with Gasteiger partial charge in [-0.15, -0.1) is 6.58 Å². The van der Waals surface area contributed by atoms with Gasteiger partial charge in [0.05, 0.1) is 0 Å². The number of carbonyl (C=O) groups excluding carboxylic acids is 1. The van der Waals surface area contributed by atoms with E-state index in [2.05, 4.69) is 11.9 Å². The van der Waals surface area contributed by atoms with Crippen LogP contribution in [0.2, 0.25) is 0 Å². The first-order valence-corrected chi connectivity index (χ1v) is 6.88. The molecule has 3 nitrogen and oxygen atoms in total. The molecule has 96 valence electrons. The van der Waals surface area contributed by atoms with Gasteiger partial charge in [-0.2, -0.15) is 11.8 Å². The largest absolute Gasteiger partial charge is 0.399 e. The van der Waals surface area contributed by atoms with E-state index in [9.17, 15) is 4.79 Å². The number of benzene rings is 1. The first kappa shape index (κ1) is 14.4. The normalized spacial score (nSPS) is 10.4. The van der Waals surface area contributed by atoms with Crippen LogP contribution in [-0.4, -0.2) is 24.0 Å². The maximum Gasteiger partial charge on any atom is 0.244 e. The Kier molecular flexibility index (Phi) is 6.72. The monoisotopic (exact) mass is 262 g/mol. The number of anilines is 1. The third-order valence-corrected chi connectivity index (χ3v) is 3.11. The van der Waals surface area contributed by atoms with Gasteiger partial charge in [0.1, 0.15) is 0 Å². The van der Waals surface area contributed by atoms with Crippen LogP contribution in [0.25, 0.3) is 6.08 Å². The van der Waals surface area contributed by atoms with Crippen molar-refractivity contribution in [2.24, 2.45) is 0 Å². The third kappa shape index (κ3) is 6.15. The molecule has 0 unspecified atom stereocenters. The van der Waals surface area contributed by atoms with E-state index in [0.29, 0.717) is 6.54 Å². The van der Waals surface area contributed by atoms with Gasteiger partial charge in [0.2, 0.25) is 5.91 Å². The Bertz CT molecular complexity index is 412. The number of hydrogen-bond donors (Lipinski definition) is 2. The number of nitrogens with one attached hydrogen (secondary N) is 1. The molecule has 1 rings (SSSR count). The van der Waals surface area contributed by atoms with Crippen molar-refractivity contribution in [1.82, 2.24) is 5.32 Å². The van der Waals surface area contributed by atoms with Gasteiger partial charge in [0.15, 0.2) is 0 Å². The number of nitrogens with two attached hydrogens (primary N) is 1. The lowest BCUT2D eigenvalue weighted by Crippen LogP contribution is -2.23. The summed E-state index contributed by atoms with van der Waals surface area (Å²) in [5.74, 6) is 1.73. The van der Waals surface area contributed by atoms with E-state index in [1.54, 1.807) is 17.8 Å². The van der Waals surface area contributed by atoms with Gasteiger partial charge in [0, 0.05) is 29.8 Å². The van der Waals surface area contributed by atoms with Crippen molar-refractivity contribution in [3.8, 4) is 0 Å². The summed E-state index contributed by atoms with van der Waals surface area (Å²) in [5.41, 5.74) is 7.25. The Morgan fingerprint density at radius 3 is 2.78 bits per heavy atom. The highest BCUT2D eigenvalue weighted by molar-refractivity contribution is 7.99. The van der Waals surface area contributed by atoms with E-state index >= 15 is 0 Å². The number of amides is 1. The molecule has 0 atom stereocenters. The second kappa shape index (κ2) is 8.42. The van der Waals surface area contributed by atoms with E-state index in [-0.39, 0.29) is 5.91 Å². The second-order valence-corrected chi connectivity index (χ2v) is 4.80. The maximum atomic E-state index is 11.5. The first-order valence-electron chi connectivity index (χ1n) is 5.72. The fourth-order valence-corrected chi connectivity index (χ4v) is 1.83. The Labute approximate surface area is 112 Å². The van der Waals surface area contributed by atoms with Gasteiger partial charge >= 0.3 is 0 Å². The molecule has 1 aromatic rings. The van der Waals surface area contributed by atoms with Crippen molar-refractivity contribution in [1.29, 1.82) is 0 Å². The van der Waals surface area contributed by atoms with Crippen molar-refractivity contribution in [3.63, 3.8) is 0 Å². The summed E-state index contributed by atoms with van der Waals surface area (Å²) in [6.07, 6.45) is 5.16. The standard InChI is InChI=1S/C14H18N2OS/c1-2-10-18-11-9-16-14(17)8-5-12-3-6-13(15)7-4-12/h2-8H,1,9-11,15H2,(H,16,17)/b8-5+. The van der Waals surface area contributed by atoms with Crippen molar-refractivity contribution >= 4 is 29.4 Å². The topological polar surface area (TPSA) is 55.1 Å². The molecule has 1 amide bonds. The van der Waals surface area contributed by atoms with Crippen LogP contribution in [0.3, 0.4) is 0 Å². The summed E-state index contributed by atoms with van der Waals surface area (Å²) in [7, 11) is 0. The van der Waals surface area contributed by atoms with Gasteiger partial charge in [-0.1, -0.05) is 18.2 Å². The molecule has 0 saturated carbocycles. The summed E-state index contributed by atoms with van der Waals surface area (Å²) in [6, 6.07) is 7.37. The quantitative estimate of drug-likeness (QED) is 0.343. The number of hydrogen-bond acceptors (Lipinski definition) is 3. The lowest BCUT2D eigenvalue weighted by molar-refractivity contribution is -0.116. The molecule has 0 aliphatic rings. The molecule has 0 fully saturated rings. The lowest BCUT2D eigenvalue weighted by atomic mass is 10.2. The molecular weight excluding hydrogens is 244 g/mol. The van der Waals surface area contributed by atoms with Gasteiger partial charge < -0.3 is 11.1 Å². The fourth-order valence-electron chi connectivity index (χ4n) is 1.25. The molecule has 0 saturated heterocycles. The van der Waals surface area contributed by atoms with Gasteiger partial charge in [-0.25, -0.2) is 0 Å². The Balaban J connectivity index is 2.27. The minimum atomic E-state index is -0.0778. The van der Waals surface area contributed by atoms with Crippen molar-refractivity contribution in [3.05, 3.63) is 48.6 Å². The molecule has 4 heteroatoms. The third-order valence-electron chi connectivity index (χ3n) is 2.14. The number of thioether (sulfide) groups is 1. The molecule has 0 radical (unpaired) electrons. The average Bonchev–Trinajstić information content (AvgIpc) is 2.38. The predicted octanol–water partition coefficient (Wildman–Crippen LogP) is 2.32. The molecule has 0 aliphatic carbocycles. The number of nitrogen functional groups attached to an aromatic ring is 1. The van der Waals surface area contributed by atoms with E-state index in [1.807, 2.05) is 30.3 Å². The van der Waals surface area contributed by atoms with Crippen LogP contribution in [0.1, 0.15) is 5.56 Å². The molecular formula is C14H18N2OS. The van der Waals surface area contributed by atoms with Crippen LogP contribution in [0.4, 0.5) is 5.69 Å². The molecule has 0 bridgehead atoms. The van der Waals surface area contributed by atoms with Crippen molar-refractivity contribution in [2.75, 3.05) is 23.8 Å². The van der Waals surface area contributed by atoms with Crippen molar-refractivity contribution in [2.45, 2.75) is 0 Å². The fraction of sp³-hybridized carbons (Fsp3) is 0.214. The second-order valence-electron chi connectivity index (χ2n) is 3.65.